The molecule has 9 nitrogen and oxygen atoms in total. The molecule has 0 radical (unpaired) electrons. The molecule has 0 unspecified atom stereocenters. The highest BCUT2D eigenvalue weighted by atomic mass is 16.6. The number of carbonyl (C=O) groups excluding carboxylic acids is 1. The molecule has 0 N–H and O–H groups in total. The third-order valence-corrected chi connectivity index (χ3v) is 7.08. The molecule has 0 spiro atoms. The standard InChI is InChI=1S/C34H37N3O6/c1-9-12-24-16-23(17-30(41-7)31(24)43-22(5)34(39)42-8)19-35-37-32(36-28-14-11-10-13-25(28)33(37)38)27-18-26(20(2)3)29(40-6)15-21(27)4/h9-11,13-20,22H,1,12H2,2-8H3/t22-/m0/s1. The van der Waals surface area contributed by atoms with Crippen LogP contribution in [0.2, 0.25) is 0 Å². The van der Waals surface area contributed by atoms with Crippen LogP contribution in [0.15, 0.2) is 71.1 Å². The fourth-order valence-corrected chi connectivity index (χ4v) is 4.84. The lowest BCUT2D eigenvalue weighted by molar-refractivity contribution is -0.147. The SMILES string of the molecule is C=CCc1cc(C=Nn2c(-c3cc(C(C)C)c(OC)cc3C)nc3ccccc3c2=O)cc(OC)c1O[C@@H](C)C(=O)OC. The highest BCUT2D eigenvalue weighted by Crippen LogP contribution is 2.35. The zero-order chi connectivity index (χ0) is 31.3. The Morgan fingerprint density at radius 3 is 2.42 bits per heavy atom. The van der Waals surface area contributed by atoms with Crippen molar-refractivity contribution in [2.24, 2.45) is 5.10 Å². The van der Waals surface area contributed by atoms with Gasteiger partial charge in [-0.05, 0) is 79.3 Å². The largest absolute Gasteiger partial charge is 0.496 e. The molecule has 4 rings (SSSR count). The van der Waals surface area contributed by atoms with Crippen LogP contribution >= 0.6 is 0 Å². The van der Waals surface area contributed by atoms with Crippen LogP contribution < -0.4 is 19.8 Å². The van der Waals surface area contributed by atoms with Crippen molar-refractivity contribution in [3.8, 4) is 28.6 Å². The Balaban J connectivity index is 1.91. The Hall–Kier alpha value is -4.92. The van der Waals surface area contributed by atoms with Gasteiger partial charge in [0.05, 0.1) is 38.4 Å². The first kappa shape index (κ1) is 31.0. The van der Waals surface area contributed by atoms with Gasteiger partial charge in [0, 0.05) is 11.1 Å². The molecule has 4 aromatic rings. The van der Waals surface area contributed by atoms with Crippen molar-refractivity contribution in [3.05, 3.63) is 93.8 Å². The number of rotatable bonds is 11. The lowest BCUT2D eigenvalue weighted by Gasteiger charge is -2.19. The number of allylic oxidation sites excluding steroid dienone is 1. The minimum atomic E-state index is -0.852. The Morgan fingerprint density at radius 1 is 1.05 bits per heavy atom. The second kappa shape index (κ2) is 13.4. The van der Waals surface area contributed by atoms with Gasteiger partial charge in [0.25, 0.3) is 5.56 Å². The van der Waals surface area contributed by atoms with Gasteiger partial charge in [-0.15, -0.1) is 6.58 Å². The van der Waals surface area contributed by atoms with E-state index in [1.165, 1.54) is 18.9 Å². The Kier molecular flexibility index (Phi) is 9.65. The molecule has 0 aliphatic carbocycles. The number of hydrogen-bond acceptors (Lipinski definition) is 8. The molecule has 43 heavy (non-hydrogen) atoms. The maximum atomic E-state index is 13.8. The van der Waals surface area contributed by atoms with E-state index in [0.717, 1.165) is 28.0 Å². The number of fused-ring (bicyclic) bond motifs is 1. The zero-order valence-electron chi connectivity index (χ0n) is 25.6. The van der Waals surface area contributed by atoms with E-state index >= 15 is 0 Å². The number of esters is 1. The lowest BCUT2D eigenvalue weighted by Crippen LogP contribution is -2.25. The topological polar surface area (TPSA) is 101 Å². The molecular weight excluding hydrogens is 546 g/mol. The molecular formula is C34H37N3O6. The number of methoxy groups -OCH3 is 3. The predicted octanol–water partition coefficient (Wildman–Crippen LogP) is 6.06. The first-order valence-corrected chi connectivity index (χ1v) is 13.9. The van der Waals surface area contributed by atoms with Crippen molar-refractivity contribution in [3.63, 3.8) is 0 Å². The van der Waals surface area contributed by atoms with Crippen molar-refractivity contribution in [1.29, 1.82) is 0 Å². The molecule has 3 aromatic carbocycles. The van der Waals surface area contributed by atoms with Crippen molar-refractivity contribution in [2.45, 2.75) is 46.1 Å². The molecule has 0 aliphatic rings. The van der Waals surface area contributed by atoms with E-state index in [2.05, 4.69) is 25.5 Å². The highest BCUT2D eigenvalue weighted by molar-refractivity contribution is 5.84. The number of benzene rings is 3. The van der Waals surface area contributed by atoms with Crippen molar-refractivity contribution in [1.82, 2.24) is 9.66 Å². The fraction of sp³-hybridized carbons (Fsp3) is 0.294. The molecule has 0 fully saturated rings. The van der Waals surface area contributed by atoms with Gasteiger partial charge in [-0.3, -0.25) is 4.79 Å². The summed E-state index contributed by atoms with van der Waals surface area (Å²) in [5.41, 5.74) is 4.31. The van der Waals surface area contributed by atoms with E-state index in [0.29, 0.717) is 40.2 Å². The number of carbonyl (C=O) groups is 1. The smallest absolute Gasteiger partial charge is 0.346 e. The summed E-state index contributed by atoms with van der Waals surface area (Å²) in [4.78, 5) is 30.8. The van der Waals surface area contributed by atoms with E-state index in [1.54, 1.807) is 44.5 Å². The number of para-hydroxylation sites is 1. The molecule has 0 amide bonds. The molecule has 224 valence electrons. The van der Waals surface area contributed by atoms with Crippen molar-refractivity contribution in [2.75, 3.05) is 21.3 Å². The molecule has 0 saturated heterocycles. The summed E-state index contributed by atoms with van der Waals surface area (Å²) < 4.78 is 23.3. The molecule has 9 heteroatoms. The molecule has 0 aliphatic heterocycles. The summed E-state index contributed by atoms with van der Waals surface area (Å²) in [7, 11) is 4.47. The van der Waals surface area contributed by atoms with E-state index in [4.69, 9.17) is 23.9 Å². The summed E-state index contributed by atoms with van der Waals surface area (Å²) >= 11 is 0. The van der Waals surface area contributed by atoms with E-state index < -0.39 is 12.1 Å². The number of hydrogen-bond donors (Lipinski definition) is 0. The van der Waals surface area contributed by atoms with Crippen molar-refractivity contribution < 1.29 is 23.7 Å². The maximum Gasteiger partial charge on any atom is 0.346 e. The van der Waals surface area contributed by atoms with Gasteiger partial charge in [-0.2, -0.15) is 9.78 Å². The Labute approximate surface area is 251 Å². The lowest BCUT2D eigenvalue weighted by atomic mass is 9.96. The van der Waals surface area contributed by atoms with Crippen LogP contribution in [0, 0.1) is 6.92 Å². The number of aromatic nitrogens is 2. The predicted molar refractivity (Wildman–Crippen MR) is 169 cm³/mol. The average Bonchev–Trinajstić information content (AvgIpc) is 3.00. The monoisotopic (exact) mass is 583 g/mol. The first-order valence-electron chi connectivity index (χ1n) is 13.9. The fourth-order valence-electron chi connectivity index (χ4n) is 4.84. The van der Waals surface area contributed by atoms with Crippen LogP contribution in [0.3, 0.4) is 0 Å². The van der Waals surface area contributed by atoms with Gasteiger partial charge in [0.15, 0.2) is 23.4 Å². The first-order chi connectivity index (χ1) is 20.6. The summed E-state index contributed by atoms with van der Waals surface area (Å²) in [6.45, 7) is 11.6. The van der Waals surface area contributed by atoms with Crippen molar-refractivity contribution >= 4 is 23.1 Å². The van der Waals surface area contributed by atoms with Crippen LogP contribution in [0.1, 0.15) is 48.9 Å². The van der Waals surface area contributed by atoms with Gasteiger partial charge in [0.1, 0.15) is 5.75 Å². The minimum Gasteiger partial charge on any atom is -0.496 e. The number of nitrogens with zero attached hydrogens (tertiary/aromatic N) is 3. The average molecular weight is 584 g/mol. The number of ether oxygens (including phenoxy) is 4. The van der Waals surface area contributed by atoms with Crippen LogP contribution in [0.4, 0.5) is 0 Å². The Morgan fingerprint density at radius 2 is 1.77 bits per heavy atom. The van der Waals surface area contributed by atoms with Gasteiger partial charge >= 0.3 is 5.97 Å². The second-order valence-corrected chi connectivity index (χ2v) is 10.4. The molecule has 1 aromatic heterocycles. The zero-order valence-corrected chi connectivity index (χ0v) is 25.6. The summed E-state index contributed by atoms with van der Waals surface area (Å²) in [5.74, 6) is 1.65. The van der Waals surface area contributed by atoms with Crippen LogP contribution in [0.25, 0.3) is 22.3 Å². The molecule has 1 atom stereocenters. The second-order valence-electron chi connectivity index (χ2n) is 10.4. The van der Waals surface area contributed by atoms with Crippen LogP contribution in [-0.4, -0.2) is 49.3 Å². The Bertz CT molecular complexity index is 1760. The maximum absolute atomic E-state index is 13.8. The van der Waals surface area contributed by atoms with Gasteiger partial charge in [-0.1, -0.05) is 32.1 Å². The van der Waals surface area contributed by atoms with E-state index in [1.807, 2.05) is 37.3 Å². The normalized spacial score (nSPS) is 12.0. The summed E-state index contributed by atoms with van der Waals surface area (Å²) in [6, 6.07) is 14.8. The molecule has 0 bridgehead atoms. The van der Waals surface area contributed by atoms with Crippen LogP contribution in [0.5, 0.6) is 17.2 Å². The van der Waals surface area contributed by atoms with E-state index in [9.17, 15) is 9.59 Å². The minimum absolute atomic E-state index is 0.178. The van der Waals surface area contributed by atoms with Gasteiger partial charge in [-0.25, -0.2) is 9.78 Å². The highest BCUT2D eigenvalue weighted by Gasteiger charge is 2.21. The number of aryl methyl sites for hydroxylation is 1. The summed E-state index contributed by atoms with van der Waals surface area (Å²) in [5, 5.41) is 5.11. The molecule has 0 saturated carbocycles. The van der Waals surface area contributed by atoms with Gasteiger partial charge < -0.3 is 18.9 Å². The third kappa shape index (κ3) is 6.45. The quantitative estimate of drug-likeness (QED) is 0.120. The van der Waals surface area contributed by atoms with Crippen LogP contribution in [-0.2, 0) is 16.0 Å². The summed E-state index contributed by atoms with van der Waals surface area (Å²) in [6.07, 6.45) is 2.88. The van der Waals surface area contributed by atoms with Gasteiger partial charge in [0.2, 0.25) is 0 Å². The third-order valence-electron chi connectivity index (χ3n) is 7.08. The molecule has 1 heterocycles. The van der Waals surface area contributed by atoms with E-state index in [-0.39, 0.29) is 11.5 Å².